The summed E-state index contributed by atoms with van der Waals surface area (Å²) in [5, 5.41) is 26.2. The summed E-state index contributed by atoms with van der Waals surface area (Å²) in [6, 6.07) is 14.5. The van der Waals surface area contributed by atoms with Gasteiger partial charge in [-0.3, -0.25) is 5.43 Å². The second kappa shape index (κ2) is 7.25. The molecule has 0 bridgehead atoms. The van der Waals surface area contributed by atoms with Crippen molar-refractivity contribution in [2.75, 3.05) is 0 Å². The average Bonchev–Trinajstić information content (AvgIpc) is 2.50. The summed E-state index contributed by atoms with van der Waals surface area (Å²) in [6.45, 7) is 0.597. The molecule has 0 radical (unpaired) electrons. The number of rotatable bonds is 4. The van der Waals surface area contributed by atoms with Crippen LogP contribution in [0.5, 0.6) is 11.5 Å². The minimum Gasteiger partial charge on any atom is -0.504 e. The van der Waals surface area contributed by atoms with Gasteiger partial charge in [-0.1, -0.05) is 36.4 Å². The monoisotopic (exact) mass is 301 g/mol. The smallest absolute Gasteiger partial charge is 0.187 e. The Labute approximate surface area is 127 Å². The number of hydrogen-bond acceptors (Lipinski definition) is 4. The van der Waals surface area contributed by atoms with Crippen molar-refractivity contribution < 1.29 is 10.2 Å². The van der Waals surface area contributed by atoms with E-state index in [0.29, 0.717) is 17.2 Å². The molecule has 0 fully saturated rings. The van der Waals surface area contributed by atoms with Crippen molar-refractivity contribution >= 4 is 23.5 Å². The molecule has 0 aliphatic rings. The van der Waals surface area contributed by atoms with Gasteiger partial charge in [0, 0.05) is 12.1 Å². The average molecular weight is 301 g/mol. The summed E-state index contributed by atoms with van der Waals surface area (Å²) in [5.41, 5.74) is 4.15. The standard InChI is InChI=1S/C15H15N3O2S/c19-13-8-4-7-12(14(13)20)10-17-18-15(21)16-9-11-5-2-1-3-6-11/h1-8,10,19-20H,9H2,(H2,16,18,21). The van der Waals surface area contributed by atoms with Crippen LogP contribution < -0.4 is 10.7 Å². The maximum absolute atomic E-state index is 9.60. The lowest BCUT2D eigenvalue weighted by Crippen LogP contribution is -2.31. The van der Waals surface area contributed by atoms with E-state index < -0.39 is 0 Å². The molecule has 2 rings (SSSR count). The highest BCUT2D eigenvalue weighted by Gasteiger charge is 2.02. The second-order valence-electron chi connectivity index (χ2n) is 4.25. The van der Waals surface area contributed by atoms with E-state index >= 15 is 0 Å². The van der Waals surface area contributed by atoms with Crippen LogP contribution in [-0.2, 0) is 6.54 Å². The van der Waals surface area contributed by atoms with E-state index in [1.54, 1.807) is 12.1 Å². The zero-order valence-electron chi connectivity index (χ0n) is 11.2. The normalized spacial score (nSPS) is 10.5. The molecular weight excluding hydrogens is 286 g/mol. The third-order valence-electron chi connectivity index (χ3n) is 2.71. The van der Waals surface area contributed by atoms with Crippen LogP contribution in [0.25, 0.3) is 0 Å². The Morgan fingerprint density at radius 1 is 1.10 bits per heavy atom. The van der Waals surface area contributed by atoms with Gasteiger partial charge in [-0.25, -0.2) is 0 Å². The van der Waals surface area contributed by atoms with E-state index in [1.807, 2.05) is 30.3 Å². The van der Waals surface area contributed by atoms with Crippen molar-refractivity contribution in [2.24, 2.45) is 5.10 Å². The zero-order valence-corrected chi connectivity index (χ0v) is 12.0. The number of phenolic OH excluding ortho intramolecular Hbond substituents is 2. The highest BCUT2D eigenvalue weighted by atomic mass is 32.1. The van der Waals surface area contributed by atoms with Crippen LogP contribution in [0.1, 0.15) is 11.1 Å². The number of nitrogens with one attached hydrogen (secondary N) is 2. The third-order valence-corrected chi connectivity index (χ3v) is 2.95. The van der Waals surface area contributed by atoms with Crippen molar-refractivity contribution in [2.45, 2.75) is 6.54 Å². The first-order valence-corrected chi connectivity index (χ1v) is 6.69. The van der Waals surface area contributed by atoms with E-state index in [1.165, 1.54) is 12.3 Å². The number of phenols is 2. The Kier molecular flexibility index (Phi) is 5.11. The highest BCUT2D eigenvalue weighted by molar-refractivity contribution is 7.80. The molecule has 108 valence electrons. The van der Waals surface area contributed by atoms with Crippen LogP contribution in [-0.4, -0.2) is 21.5 Å². The fraction of sp³-hybridized carbons (Fsp3) is 0.0667. The van der Waals surface area contributed by atoms with Crippen LogP contribution in [0.2, 0.25) is 0 Å². The first-order chi connectivity index (χ1) is 10.2. The summed E-state index contributed by atoms with van der Waals surface area (Å²) < 4.78 is 0. The molecule has 0 unspecified atom stereocenters. The molecule has 0 saturated carbocycles. The summed E-state index contributed by atoms with van der Waals surface area (Å²) >= 11 is 5.08. The topological polar surface area (TPSA) is 76.9 Å². The largest absolute Gasteiger partial charge is 0.504 e. The minimum atomic E-state index is -0.216. The van der Waals surface area contributed by atoms with Gasteiger partial charge in [0.2, 0.25) is 0 Å². The van der Waals surface area contributed by atoms with Gasteiger partial charge in [-0.2, -0.15) is 5.10 Å². The number of hydrogen-bond donors (Lipinski definition) is 4. The fourth-order valence-electron chi connectivity index (χ4n) is 1.63. The summed E-state index contributed by atoms with van der Waals surface area (Å²) in [5.74, 6) is -0.407. The van der Waals surface area contributed by atoms with Gasteiger partial charge >= 0.3 is 0 Å². The van der Waals surface area contributed by atoms with Gasteiger partial charge in [0.05, 0.1) is 6.21 Å². The first kappa shape index (κ1) is 14.8. The molecular formula is C15H15N3O2S. The van der Waals surface area contributed by atoms with E-state index in [-0.39, 0.29) is 11.5 Å². The summed E-state index contributed by atoms with van der Waals surface area (Å²) in [6.07, 6.45) is 1.38. The molecule has 0 amide bonds. The van der Waals surface area contributed by atoms with Gasteiger partial charge < -0.3 is 15.5 Å². The van der Waals surface area contributed by atoms with Crippen molar-refractivity contribution in [3.63, 3.8) is 0 Å². The Hall–Kier alpha value is -2.60. The number of benzene rings is 2. The second-order valence-corrected chi connectivity index (χ2v) is 4.66. The molecule has 5 nitrogen and oxygen atoms in total. The number of thiocarbonyl (C=S) groups is 1. The predicted octanol–water partition coefficient (Wildman–Crippen LogP) is 2.10. The van der Waals surface area contributed by atoms with Gasteiger partial charge in [0.25, 0.3) is 0 Å². The Morgan fingerprint density at radius 3 is 2.62 bits per heavy atom. The quantitative estimate of drug-likeness (QED) is 0.301. The molecule has 0 aliphatic heterocycles. The molecule has 0 saturated heterocycles. The minimum absolute atomic E-state index is 0.191. The van der Waals surface area contributed by atoms with Crippen LogP contribution in [0.3, 0.4) is 0 Å². The maximum atomic E-state index is 9.60. The lowest BCUT2D eigenvalue weighted by atomic mass is 10.2. The van der Waals surface area contributed by atoms with Gasteiger partial charge in [0.15, 0.2) is 16.6 Å². The fourth-order valence-corrected chi connectivity index (χ4v) is 1.76. The van der Waals surface area contributed by atoms with E-state index in [2.05, 4.69) is 15.8 Å². The maximum Gasteiger partial charge on any atom is 0.187 e. The summed E-state index contributed by atoms with van der Waals surface area (Å²) in [7, 11) is 0. The van der Waals surface area contributed by atoms with Crippen molar-refractivity contribution in [3.05, 3.63) is 59.7 Å². The number of para-hydroxylation sites is 1. The molecule has 2 aromatic carbocycles. The molecule has 0 atom stereocenters. The molecule has 0 spiro atoms. The molecule has 0 aliphatic carbocycles. The van der Waals surface area contributed by atoms with Crippen LogP contribution in [0, 0.1) is 0 Å². The molecule has 21 heavy (non-hydrogen) atoms. The van der Waals surface area contributed by atoms with Crippen LogP contribution in [0.4, 0.5) is 0 Å². The van der Waals surface area contributed by atoms with E-state index in [4.69, 9.17) is 12.2 Å². The van der Waals surface area contributed by atoms with Crippen molar-refractivity contribution in [3.8, 4) is 11.5 Å². The predicted molar refractivity (Wildman–Crippen MR) is 86.4 cm³/mol. The van der Waals surface area contributed by atoms with Crippen molar-refractivity contribution in [1.82, 2.24) is 10.7 Å². The van der Waals surface area contributed by atoms with Crippen LogP contribution in [0.15, 0.2) is 53.6 Å². The van der Waals surface area contributed by atoms with E-state index in [9.17, 15) is 10.2 Å². The SMILES string of the molecule is Oc1cccc(C=NNC(=S)NCc2ccccc2)c1O. The van der Waals surface area contributed by atoms with E-state index in [0.717, 1.165) is 5.56 Å². The Bertz CT molecular complexity index is 645. The lowest BCUT2D eigenvalue weighted by Gasteiger charge is -2.07. The summed E-state index contributed by atoms with van der Waals surface area (Å²) in [4.78, 5) is 0. The molecule has 2 aromatic rings. The highest BCUT2D eigenvalue weighted by Crippen LogP contribution is 2.26. The number of hydrazone groups is 1. The lowest BCUT2D eigenvalue weighted by molar-refractivity contribution is 0.403. The number of aromatic hydroxyl groups is 2. The third kappa shape index (κ3) is 4.47. The molecule has 0 heterocycles. The first-order valence-electron chi connectivity index (χ1n) is 6.28. The van der Waals surface area contributed by atoms with Crippen LogP contribution >= 0.6 is 12.2 Å². The van der Waals surface area contributed by atoms with Gasteiger partial charge in [-0.15, -0.1) is 0 Å². The van der Waals surface area contributed by atoms with Gasteiger partial charge in [-0.05, 0) is 29.9 Å². The molecule has 0 aromatic heterocycles. The number of nitrogens with zero attached hydrogens (tertiary/aromatic N) is 1. The molecule has 6 heteroatoms. The zero-order chi connectivity index (χ0) is 15.1. The molecule has 4 N–H and O–H groups in total. The Balaban J connectivity index is 1.83. The van der Waals surface area contributed by atoms with Gasteiger partial charge in [0.1, 0.15) is 0 Å². The van der Waals surface area contributed by atoms with Crippen molar-refractivity contribution in [1.29, 1.82) is 0 Å². The Morgan fingerprint density at radius 2 is 1.86 bits per heavy atom.